The first kappa shape index (κ1) is 5.17. The molecule has 0 N–H and O–H groups in total. The van der Waals surface area contributed by atoms with E-state index in [0.717, 1.165) is 23.7 Å². The summed E-state index contributed by atoms with van der Waals surface area (Å²) in [5.41, 5.74) is 0. The van der Waals surface area contributed by atoms with Crippen LogP contribution in [0.4, 0.5) is 0 Å². The van der Waals surface area contributed by atoms with Gasteiger partial charge in [0.1, 0.15) is 0 Å². The smallest absolute Gasteiger partial charge is 0.00221 e. The lowest BCUT2D eigenvalue weighted by Gasteiger charge is -2.14. The Morgan fingerprint density at radius 2 is 2.00 bits per heavy atom. The zero-order valence-electron chi connectivity index (χ0n) is 6.03. The lowest BCUT2D eigenvalue weighted by atomic mass is 9.91. The summed E-state index contributed by atoms with van der Waals surface area (Å²) in [6.07, 6.45) is 12.5. The highest BCUT2D eigenvalue weighted by molar-refractivity contribution is 5.21. The van der Waals surface area contributed by atoms with Crippen molar-refractivity contribution >= 4 is 0 Å². The van der Waals surface area contributed by atoms with E-state index >= 15 is 0 Å². The highest BCUT2D eigenvalue weighted by Crippen LogP contribution is 2.55. The minimum Gasteiger partial charge on any atom is -0.0873 e. The average molecular weight is 132 g/mol. The first-order chi connectivity index (χ1) is 4.95. The van der Waals surface area contributed by atoms with E-state index in [1.165, 1.54) is 12.8 Å². The average Bonchev–Trinajstić information content (AvgIpc) is 2.72. The monoisotopic (exact) mass is 132 g/mol. The van der Waals surface area contributed by atoms with E-state index in [1.807, 2.05) is 0 Å². The van der Waals surface area contributed by atoms with Crippen LogP contribution in [0.5, 0.6) is 0 Å². The normalized spacial score (nSPS) is 54.4. The van der Waals surface area contributed by atoms with Crippen molar-refractivity contribution in [2.45, 2.75) is 12.8 Å². The van der Waals surface area contributed by atoms with E-state index in [9.17, 15) is 0 Å². The van der Waals surface area contributed by atoms with Gasteiger partial charge in [-0.05, 0) is 36.5 Å². The summed E-state index contributed by atoms with van der Waals surface area (Å²) in [5.74, 6) is 3.86. The first-order valence-electron chi connectivity index (χ1n) is 4.30. The van der Waals surface area contributed by atoms with Crippen LogP contribution in [0.15, 0.2) is 24.3 Å². The number of hydrogen-bond donors (Lipinski definition) is 0. The Morgan fingerprint density at radius 1 is 1.00 bits per heavy atom. The molecule has 4 aliphatic carbocycles. The fourth-order valence-corrected chi connectivity index (χ4v) is 2.58. The predicted octanol–water partition coefficient (Wildman–Crippen LogP) is 2.38. The van der Waals surface area contributed by atoms with E-state index in [1.54, 1.807) is 0 Å². The van der Waals surface area contributed by atoms with Crippen molar-refractivity contribution in [3.8, 4) is 0 Å². The van der Waals surface area contributed by atoms with Gasteiger partial charge in [0.05, 0.1) is 0 Å². The van der Waals surface area contributed by atoms with Gasteiger partial charge in [-0.1, -0.05) is 24.3 Å². The molecule has 1 fully saturated rings. The minimum absolute atomic E-state index is 0.823. The SMILES string of the molecule is C1=CC2C=CC(C1)C1CC21. The standard InChI is InChI=1S/C10H12/c1-2-7-4-5-8(3-1)10-6-9(7)10/h1-2,4-5,7-10H,3,6H2. The summed E-state index contributed by atoms with van der Waals surface area (Å²) < 4.78 is 0. The molecule has 0 nitrogen and oxygen atoms in total. The van der Waals surface area contributed by atoms with E-state index in [2.05, 4.69) is 24.3 Å². The van der Waals surface area contributed by atoms with E-state index in [0.29, 0.717) is 0 Å². The van der Waals surface area contributed by atoms with Crippen LogP contribution in [0.25, 0.3) is 0 Å². The molecular weight excluding hydrogens is 120 g/mol. The van der Waals surface area contributed by atoms with Crippen LogP contribution in [-0.4, -0.2) is 0 Å². The van der Waals surface area contributed by atoms with Crippen LogP contribution in [0.1, 0.15) is 12.8 Å². The second-order valence-electron chi connectivity index (χ2n) is 3.85. The summed E-state index contributed by atoms with van der Waals surface area (Å²) >= 11 is 0. The van der Waals surface area contributed by atoms with Crippen LogP contribution < -0.4 is 0 Å². The Morgan fingerprint density at radius 3 is 3.00 bits per heavy atom. The van der Waals surface area contributed by atoms with Crippen molar-refractivity contribution in [2.24, 2.45) is 23.7 Å². The topological polar surface area (TPSA) is 0 Å². The molecule has 0 amide bonds. The molecule has 0 aromatic carbocycles. The highest BCUT2D eigenvalue weighted by Gasteiger charge is 2.47. The predicted molar refractivity (Wildman–Crippen MR) is 41.5 cm³/mol. The lowest BCUT2D eigenvalue weighted by molar-refractivity contribution is 0.490. The third-order valence-electron chi connectivity index (χ3n) is 3.28. The quantitative estimate of drug-likeness (QED) is 0.444. The van der Waals surface area contributed by atoms with Crippen molar-refractivity contribution in [3.63, 3.8) is 0 Å². The molecule has 4 rings (SSSR count). The van der Waals surface area contributed by atoms with Crippen LogP contribution in [-0.2, 0) is 0 Å². The molecule has 0 saturated heterocycles. The van der Waals surface area contributed by atoms with E-state index in [4.69, 9.17) is 0 Å². The van der Waals surface area contributed by atoms with Crippen molar-refractivity contribution in [2.75, 3.05) is 0 Å². The molecule has 1 saturated carbocycles. The van der Waals surface area contributed by atoms with Gasteiger partial charge in [0.25, 0.3) is 0 Å². The molecule has 0 aliphatic heterocycles. The third-order valence-corrected chi connectivity index (χ3v) is 3.28. The number of fused-ring (bicyclic) bond motifs is 1. The van der Waals surface area contributed by atoms with Gasteiger partial charge in [-0.15, -0.1) is 0 Å². The maximum absolute atomic E-state index is 2.44. The zero-order chi connectivity index (χ0) is 6.55. The van der Waals surface area contributed by atoms with Gasteiger partial charge < -0.3 is 0 Å². The second-order valence-corrected chi connectivity index (χ2v) is 3.85. The fraction of sp³-hybridized carbons (Fsp3) is 0.600. The molecule has 0 heteroatoms. The molecule has 0 spiro atoms. The van der Waals surface area contributed by atoms with Gasteiger partial charge in [0.15, 0.2) is 0 Å². The van der Waals surface area contributed by atoms with Gasteiger partial charge >= 0.3 is 0 Å². The Bertz CT molecular complexity index is 212. The molecule has 52 valence electrons. The fourth-order valence-electron chi connectivity index (χ4n) is 2.58. The summed E-state index contributed by atoms with van der Waals surface area (Å²) in [5, 5.41) is 0. The highest BCUT2D eigenvalue weighted by atomic mass is 14.5. The molecule has 4 aliphatic rings. The first-order valence-corrected chi connectivity index (χ1v) is 4.30. The van der Waals surface area contributed by atoms with E-state index < -0.39 is 0 Å². The van der Waals surface area contributed by atoms with Gasteiger partial charge in [-0.25, -0.2) is 0 Å². The second kappa shape index (κ2) is 1.55. The molecule has 0 aromatic rings. The van der Waals surface area contributed by atoms with Crippen LogP contribution in [0.3, 0.4) is 0 Å². The molecule has 0 heterocycles. The zero-order valence-corrected chi connectivity index (χ0v) is 6.03. The lowest BCUT2D eigenvalue weighted by Crippen LogP contribution is -2.06. The number of hydrogen-bond acceptors (Lipinski definition) is 0. The molecule has 4 atom stereocenters. The van der Waals surface area contributed by atoms with Crippen molar-refractivity contribution in [1.82, 2.24) is 0 Å². The molecule has 4 unspecified atom stereocenters. The Balaban J connectivity index is 2.07. The number of allylic oxidation sites excluding steroid dienone is 4. The molecule has 2 bridgehead atoms. The molecule has 0 aromatic heterocycles. The summed E-state index contributed by atoms with van der Waals surface area (Å²) in [4.78, 5) is 0. The van der Waals surface area contributed by atoms with E-state index in [-0.39, 0.29) is 0 Å². The van der Waals surface area contributed by atoms with Crippen molar-refractivity contribution in [3.05, 3.63) is 24.3 Å². The van der Waals surface area contributed by atoms with Crippen LogP contribution >= 0.6 is 0 Å². The minimum atomic E-state index is 0.823. The number of rotatable bonds is 0. The summed E-state index contributed by atoms with van der Waals surface area (Å²) in [6, 6.07) is 0. The van der Waals surface area contributed by atoms with Crippen LogP contribution in [0.2, 0.25) is 0 Å². The van der Waals surface area contributed by atoms with Crippen molar-refractivity contribution in [1.29, 1.82) is 0 Å². The summed E-state index contributed by atoms with van der Waals surface area (Å²) in [6.45, 7) is 0. The van der Waals surface area contributed by atoms with Crippen LogP contribution in [0, 0.1) is 23.7 Å². The van der Waals surface area contributed by atoms with Gasteiger partial charge in [-0.3, -0.25) is 0 Å². The summed E-state index contributed by atoms with van der Waals surface area (Å²) in [7, 11) is 0. The van der Waals surface area contributed by atoms with Gasteiger partial charge in [-0.2, -0.15) is 0 Å². The largest absolute Gasteiger partial charge is 0.0873 e. The van der Waals surface area contributed by atoms with Gasteiger partial charge in [0, 0.05) is 0 Å². The maximum atomic E-state index is 2.44. The molecular formula is C10H12. The Hall–Kier alpha value is -0.520. The Kier molecular flexibility index (Phi) is 0.803. The Labute approximate surface area is 61.6 Å². The van der Waals surface area contributed by atoms with Gasteiger partial charge in [0.2, 0.25) is 0 Å². The molecule has 10 heavy (non-hydrogen) atoms. The third kappa shape index (κ3) is 0.524. The maximum Gasteiger partial charge on any atom is -0.00221 e. The molecule has 0 radical (unpaired) electrons. The van der Waals surface area contributed by atoms with Crippen molar-refractivity contribution < 1.29 is 0 Å².